The molecule has 0 heterocycles. The van der Waals surface area contributed by atoms with E-state index in [1.54, 1.807) is 6.07 Å². The first-order chi connectivity index (χ1) is 9.32. The van der Waals surface area contributed by atoms with E-state index < -0.39 is 10.0 Å². The maximum Gasteiger partial charge on any atom is 0.232 e. The molecule has 0 atom stereocenters. The van der Waals surface area contributed by atoms with Crippen LogP contribution in [-0.2, 0) is 10.0 Å². The summed E-state index contributed by atoms with van der Waals surface area (Å²) < 4.78 is 27.6. The van der Waals surface area contributed by atoms with Gasteiger partial charge in [0.15, 0.2) is 0 Å². The predicted octanol–water partition coefficient (Wildman–Crippen LogP) is 3.28. The van der Waals surface area contributed by atoms with Gasteiger partial charge in [0.05, 0.1) is 11.4 Å². The Labute approximate surface area is 130 Å². The van der Waals surface area contributed by atoms with Gasteiger partial charge < -0.3 is 5.32 Å². The Morgan fingerprint density at radius 1 is 1.25 bits per heavy atom. The zero-order valence-corrected chi connectivity index (χ0v) is 14.6. The molecule has 0 bridgehead atoms. The Hall–Kier alpha value is -0.590. The lowest BCUT2D eigenvalue weighted by Gasteiger charge is -2.12. The number of unbranched alkanes of at least 4 members (excludes halogenated alkanes) is 1. The third kappa shape index (κ3) is 6.24. The van der Waals surface area contributed by atoms with Gasteiger partial charge in [0.25, 0.3) is 0 Å². The zero-order valence-electron chi connectivity index (χ0n) is 12.2. The van der Waals surface area contributed by atoms with Crippen molar-refractivity contribution in [2.45, 2.75) is 39.7 Å². The lowest BCUT2D eigenvalue weighted by Crippen LogP contribution is -2.24. The summed E-state index contributed by atoms with van der Waals surface area (Å²) >= 11 is 3.40. The molecule has 1 rings (SSSR count). The van der Waals surface area contributed by atoms with Crippen molar-refractivity contribution in [3.8, 4) is 0 Å². The van der Waals surface area contributed by atoms with E-state index in [2.05, 4.69) is 39.8 Å². The van der Waals surface area contributed by atoms with E-state index in [4.69, 9.17) is 0 Å². The molecular formula is C14H23BrN2O2S. The van der Waals surface area contributed by atoms with Crippen LogP contribution in [0.2, 0.25) is 0 Å². The van der Waals surface area contributed by atoms with Crippen LogP contribution < -0.4 is 10.0 Å². The van der Waals surface area contributed by atoms with Crippen LogP contribution in [0.3, 0.4) is 0 Å². The molecule has 4 nitrogen and oxygen atoms in total. The Balaban J connectivity index is 2.47. The minimum atomic E-state index is -3.27. The van der Waals surface area contributed by atoms with Crippen LogP contribution in [0.4, 0.5) is 5.69 Å². The molecule has 0 aliphatic carbocycles. The van der Waals surface area contributed by atoms with E-state index in [1.165, 1.54) is 0 Å². The van der Waals surface area contributed by atoms with Crippen molar-refractivity contribution in [1.82, 2.24) is 5.32 Å². The highest BCUT2D eigenvalue weighted by atomic mass is 79.9. The van der Waals surface area contributed by atoms with Gasteiger partial charge in [0.1, 0.15) is 0 Å². The monoisotopic (exact) mass is 362 g/mol. The van der Waals surface area contributed by atoms with E-state index in [9.17, 15) is 8.42 Å². The molecule has 0 aliphatic rings. The first-order valence-corrected chi connectivity index (χ1v) is 9.25. The number of sulfonamides is 1. The largest absolute Gasteiger partial charge is 0.315 e. The van der Waals surface area contributed by atoms with Crippen LogP contribution in [0.5, 0.6) is 0 Å². The number of hydrogen-bond acceptors (Lipinski definition) is 3. The van der Waals surface area contributed by atoms with Crippen molar-refractivity contribution in [3.63, 3.8) is 0 Å². The minimum absolute atomic E-state index is 0.152. The molecule has 0 saturated carbocycles. The predicted molar refractivity (Wildman–Crippen MR) is 88.7 cm³/mol. The van der Waals surface area contributed by atoms with E-state index >= 15 is 0 Å². The van der Waals surface area contributed by atoms with Crippen molar-refractivity contribution < 1.29 is 8.42 Å². The van der Waals surface area contributed by atoms with Crippen LogP contribution in [-0.4, -0.2) is 26.8 Å². The van der Waals surface area contributed by atoms with Gasteiger partial charge in [-0.1, -0.05) is 35.8 Å². The Morgan fingerprint density at radius 2 is 1.95 bits per heavy atom. The summed E-state index contributed by atoms with van der Waals surface area (Å²) in [5.74, 6) is 0.152. The van der Waals surface area contributed by atoms with E-state index in [0.29, 0.717) is 18.2 Å². The molecule has 0 aromatic heterocycles. The first kappa shape index (κ1) is 17.5. The molecule has 1 aromatic rings. The quantitative estimate of drug-likeness (QED) is 0.697. The third-order valence-electron chi connectivity index (χ3n) is 2.93. The normalized spacial score (nSPS) is 11.8. The van der Waals surface area contributed by atoms with Crippen LogP contribution >= 0.6 is 15.9 Å². The third-order valence-corrected chi connectivity index (χ3v) is 5.14. The van der Waals surface area contributed by atoms with Crippen LogP contribution in [0.1, 0.15) is 32.3 Å². The standard InChI is InChI=1S/C14H23BrN2O2S/c1-11(2)16-9-4-5-10-20(18,19)17-14-8-6-7-13(15)12(14)3/h6-8,11,16-17H,4-5,9-10H2,1-3H3. The van der Waals surface area contributed by atoms with Gasteiger partial charge in [-0.25, -0.2) is 8.42 Å². The lowest BCUT2D eigenvalue weighted by atomic mass is 10.2. The number of rotatable bonds is 8. The molecule has 0 radical (unpaired) electrons. The van der Waals surface area contributed by atoms with Gasteiger partial charge in [-0.2, -0.15) is 0 Å². The number of hydrogen-bond donors (Lipinski definition) is 2. The fourth-order valence-electron chi connectivity index (χ4n) is 1.74. The summed E-state index contributed by atoms with van der Waals surface area (Å²) in [6.07, 6.45) is 1.51. The SMILES string of the molecule is Cc1c(Br)cccc1NS(=O)(=O)CCCCNC(C)C. The summed E-state index contributed by atoms with van der Waals surface area (Å²) in [6.45, 7) is 6.89. The van der Waals surface area contributed by atoms with E-state index in [1.807, 2.05) is 19.1 Å². The minimum Gasteiger partial charge on any atom is -0.315 e. The maximum absolute atomic E-state index is 12.0. The first-order valence-electron chi connectivity index (χ1n) is 6.81. The van der Waals surface area contributed by atoms with Crippen molar-refractivity contribution in [3.05, 3.63) is 28.2 Å². The molecular weight excluding hydrogens is 340 g/mol. The molecule has 0 saturated heterocycles. The molecule has 0 unspecified atom stereocenters. The molecule has 0 amide bonds. The molecule has 0 fully saturated rings. The molecule has 6 heteroatoms. The molecule has 0 spiro atoms. The zero-order chi connectivity index (χ0) is 15.2. The van der Waals surface area contributed by atoms with Gasteiger partial charge in [0.2, 0.25) is 10.0 Å². The van der Waals surface area contributed by atoms with Crippen molar-refractivity contribution in [2.24, 2.45) is 0 Å². The number of benzene rings is 1. The average Bonchev–Trinajstić information content (AvgIpc) is 2.34. The Kier molecular flexibility index (Phi) is 6.99. The summed E-state index contributed by atoms with van der Waals surface area (Å²) in [5, 5.41) is 3.28. The Bertz CT molecular complexity index is 530. The smallest absolute Gasteiger partial charge is 0.232 e. The fraction of sp³-hybridized carbons (Fsp3) is 0.571. The van der Waals surface area contributed by atoms with Gasteiger partial charge >= 0.3 is 0 Å². The van der Waals surface area contributed by atoms with E-state index in [0.717, 1.165) is 23.0 Å². The number of anilines is 1. The molecule has 20 heavy (non-hydrogen) atoms. The second-order valence-electron chi connectivity index (χ2n) is 5.15. The highest BCUT2D eigenvalue weighted by Crippen LogP contribution is 2.24. The van der Waals surface area contributed by atoms with Crippen LogP contribution in [0.15, 0.2) is 22.7 Å². The van der Waals surface area contributed by atoms with Crippen molar-refractivity contribution >= 4 is 31.6 Å². The molecule has 0 aliphatic heterocycles. The van der Waals surface area contributed by atoms with Gasteiger partial charge in [-0.15, -0.1) is 0 Å². The fourth-order valence-corrected chi connectivity index (χ4v) is 3.35. The average molecular weight is 363 g/mol. The van der Waals surface area contributed by atoms with Crippen molar-refractivity contribution in [2.75, 3.05) is 17.0 Å². The second kappa shape index (κ2) is 8.00. The summed E-state index contributed by atoms with van der Waals surface area (Å²) in [5.41, 5.74) is 1.54. The van der Waals surface area contributed by atoms with Gasteiger partial charge in [-0.05, 0) is 44.0 Å². The molecule has 2 N–H and O–H groups in total. The topological polar surface area (TPSA) is 58.2 Å². The van der Waals surface area contributed by atoms with Crippen LogP contribution in [0, 0.1) is 6.92 Å². The van der Waals surface area contributed by atoms with Gasteiger partial charge in [-0.3, -0.25) is 4.72 Å². The summed E-state index contributed by atoms with van der Waals surface area (Å²) in [4.78, 5) is 0. The highest BCUT2D eigenvalue weighted by molar-refractivity contribution is 9.10. The molecule has 114 valence electrons. The van der Waals surface area contributed by atoms with E-state index in [-0.39, 0.29) is 5.75 Å². The number of nitrogens with one attached hydrogen (secondary N) is 2. The van der Waals surface area contributed by atoms with Crippen molar-refractivity contribution in [1.29, 1.82) is 0 Å². The summed E-state index contributed by atoms with van der Waals surface area (Å²) in [7, 11) is -3.27. The number of halogens is 1. The highest BCUT2D eigenvalue weighted by Gasteiger charge is 2.12. The Morgan fingerprint density at radius 3 is 2.60 bits per heavy atom. The van der Waals surface area contributed by atoms with Crippen LogP contribution in [0.25, 0.3) is 0 Å². The second-order valence-corrected chi connectivity index (χ2v) is 7.85. The maximum atomic E-state index is 12.0. The molecule has 1 aromatic carbocycles. The lowest BCUT2D eigenvalue weighted by molar-refractivity contribution is 0.561. The summed E-state index contributed by atoms with van der Waals surface area (Å²) in [6, 6.07) is 5.93. The van der Waals surface area contributed by atoms with Gasteiger partial charge in [0, 0.05) is 10.5 Å².